The summed E-state index contributed by atoms with van der Waals surface area (Å²) in [7, 11) is -3.46. The molecule has 4 rings (SSSR count). The number of hydrogen-bond acceptors (Lipinski definition) is 5. The van der Waals surface area contributed by atoms with Crippen LogP contribution < -0.4 is 4.90 Å². The minimum atomic E-state index is -3.46. The Hall–Kier alpha value is -2.62. The molecule has 0 spiro atoms. The molecule has 146 valence electrons. The molecule has 9 heteroatoms. The highest BCUT2D eigenvalue weighted by molar-refractivity contribution is 7.89. The van der Waals surface area contributed by atoms with Crippen LogP contribution >= 0.6 is 0 Å². The van der Waals surface area contributed by atoms with E-state index in [0.29, 0.717) is 55.0 Å². The lowest BCUT2D eigenvalue weighted by molar-refractivity contribution is -0.918. The molecule has 0 unspecified atom stereocenters. The summed E-state index contributed by atoms with van der Waals surface area (Å²) in [5, 5.41) is 8.08. The molecule has 1 aromatic heterocycles. The number of piperazine rings is 1. The van der Waals surface area contributed by atoms with Crippen LogP contribution in [0.4, 0.5) is 4.39 Å². The smallest absolute Gasteiger partial charge is 0.271 e. The summed E-state index contributed by atoms with van der Waals surface area (Å²) in [5.41, 5.74) is 0.661. The van der Waals surface area contributed by atoms with Crippen LogP contribution in [0.25, 0.3) is 11.5 Å². The minimum absolute atomic E-state index is 0.319. The van der Waals surface area contributed by atoms with Gasteiger partial charge in [0.25, 0.3) is 5.89 Å². The van der Waals surface area contributed by atoms with Crippen LogP contribution in [-0.2, 0) is 16.6 Å². The van der Waals surface area contributed by atoms with E-state index in [-0.39, 0.29) is 5.82 Å². The summed E-state index contributed by atoms with van der Waals surface area (Å²) < 4.78 is 45.6. The summed E-state index contributed by atoms with van der Waals surface area (Å²) in [6.07, 6.45) is 0. The molecule has 28 heavy (non-hydrogen) atoms. The molecule has 0 aliphatic carbocycles. The van der Waals surface area contributed by atoms with Gasteiger partial charge in [-0.2, -0.15) is 4.31 Å². The Morgan fingerprint density at radius 2 is 1.68 bits per heavy atom. The number of rotatable bonds is 5. The molecule has 1 aliphatic rings. The van der Waals surface area contributed by atoms with E-state index >= 15 is 0 Å². The maximum Gasteiger partial charge on any atom is 0.271 e. The van der Waals surface area contributed by atoms with E-state index in [0.717, 1.165) is 0 Å². The summed E-state index contributed by atoms with van der Waals surface area (Å²) in [6, 6.07) is 14.3. The van der Waals surface area contributed by atoms with Crippen LogP contribution in [0.3, 0.4) is 0 Å². The van der Waals surface area contributed by atoms with E-state index < -0.39 is 10.0 Å². The summed E-state index contributed by atoms with van der Waals surface area (Å²) in [4.78, 5) is 1.49. The number of hydrogen-bond donors (Lipinski definition) is 1. The van der Waals surface area contributed by atoms with Gasteiger partial charge < -0.3 is 9.32 Å². The van der Waals surface area contributed by atoms with Crippen LogP contribution in [0, 0.1) is 5.82 Å². The van der Waals surface area contributed by atoms with Crippen LogP contribution in [0.1, 0.15) is 5.89 Å². The van der Waals surface area contributed by atoms with Gasteiger partial charge in [0.05, 0.1) is 31.1 Å². The standard InChI is InChI=1S/C19H19FN4O3S/c20-16-8-6-15(7-9-16)19-22-21-18(27-19)14-23-10-12-24(13-11-23)28(25,26)17-4-2-1-3-5-17/h1-9H,10-14H2/p+1. The van der Waals surface area contributed by atoms with Crippen molar-refractivity contribution in [3.05, 3.63) is 66.3 Å². The molecular formula is C19H20FN4O3S+. The second kappa shape index (κ2) is 7.78. The average Bonchev–Trinajstić information content (AvgIpc) is 3.18. The van der Waals surface area contributed by atoms with Crippen molar-refractivity contribution in [1.29, 1.82) is 0 Å². The second-order valence-electron chi connectivity index (χ2n) is 6.65. The highest BCUT2D eigenvalue weighted by atomic mass is 32.2. The Morgan fingerprint density at radius 3 is 2.36 bits per heavy atom. The molecule has 2 aromatic carbocycles. The third-order valence-corrected chi connectivity index (χ3v) is 6.68. The van der Waals surface area contributed by atoms with Gasteiger partial charge in [0.1, 0.15) is 5.82 Å². The summed E-state index contributed by atoms with van der Waals surface area (Å²) in [5.74, 6) is 0.504. The van der Waals surface area contributed by atoms with Gasteiger partial charge in [0.15, 0.2) is 6.54 Å². The van der Waals surface area contributed by atoms with Crippen molar-refractivity contribution in [3.63, 3.8) is 0 Å². The Balaban J connectivity index is 1.37. The minimum Gasteiger partial charge on any atom is -0.415 e. The molecule has 0 radical (unpaired) electrons. The molecule has 2 heterocycles. The SMILES string of the molecule is O=S(=O)(c1ccccc1)N1CC[NH+](Cc2nnc(-c3ccc(F)cc3)o2)CC1. The summed E-state index contributed by atoms with van der Waals surface area (Å²) in [6.45, 7) is 2.70. The first-order valence-corrected chi connectivity index (χ1v) is 10.4. The zero-order chi connectivity index (χ0) is 19.6. The van der Waals surface area contributed by atoms with Crippen molar-refractivity contribution in [2.75, 3.05) is 26.2 Å². The van der Waals surface area contributed by atoms with Crippen molar-refractivity contribution >= 4 is 10.0 Å². The zero-order valence-electron chi connectivity index (χ0n) is 15.1. The van der Waals surface area contributed by atoms with Crippen LogP contribution in [0.2, 0.25) is 0 Å². The molecule has 7 nitrogen and oxygen atoms in total. The van der Waals surface area contributed by atoms with Crippen molar-refractivity contribution < 1.29 is 22.1 Å². The lowest BCUT2D eigenvalue weighted by atomic mass is 10.2. The topological polar surface area (TPSA) is 80.7 Å². The van der Waals surface area contributed by atoms with Crippen molar-refractivity contribution in [3.8, 4) is 11.5 Å². The van der Waals surface area contributed by atoms with Crippen LogP contribution in [0.15, 0.2) is 63.9 Å². The number of quaternary nitrogens is 1. The molecule has 1 N–H and O–H groups in total. The Kier molecular flexibility index (Phi) is 5.21. The third kappa shape index (κ3) is 3.96. The number of sulfonamides is 1. The molecule has 3 aromatic rings. The first-order chi connectivity index (χ1) is 13.5. The third-order valence-electron chi connectivity index (χ3n) is 4.77. The van der Waals surface area contributed by atoms with Gasteiger partial charge in [-0.25, -0.2) is 12.8 Å². The van der Waals surface area contributed by atoms with Crippen molar-refractivity contribution in [1.82, 2.24) is 14.5 Å². The Labute approximate surface area is 162 Å². The van der Waals surface area contributed by atoms with Gasteiger partial charge in [-0.1, -0.05) is 18.2 Å². The van der Waals surface area contributed by atoms with Crippen molar-refractivity contribution in [2.24, 2.45) is 0 Å². The normalized spacial score (nSPS) is 16.3. The highest BCUT2D eigenvalue weighted by Gasteiger charge is 2.31. The predicted molar refractivity (Wildman–Crippen MR) is 99.3 cm³/mol. The number of halogens is 1. The monoisotopic (exact) mass is 403 g/mol. The van der Waals surface area contributed by atoms with E-state index in [2.05, 4.69) is 10.2 Å². The van der Waals surface area contributed by atoms with Gasteiger partial charge in [-0.3, -0.25) is 0 Å². The lowest BCUT2D eigenvalue weighted by Crippen LogP contribution is -3.13. The van der Waals surface area contributed by atoms with E-state index in [1.807, 2.05) is 0 Å². The number of aromatic nitrogens is 2. The van der Waals surface area contributed by atoms with Gasteiger partial charge >= 0.3 is 0 Å². The van der Waals surface area contributed by atoms with E-state index in [1.165, 1.54) is 21.3 Å². The second-order valence-corrected chi connectivity index (χ2v) is 8.59. The van der Waals surface area contributed by atoms with Crippen LogP contribution in [-0.4, -0.2) is 49.1 Å². The number of nitrogens with one attached hydrogen (secondary N) is 1. The number of benzene rings is 2. The predicted octanol–water partition coefficient (Wildman–Crippen LogP) is 0.965. The molecule has 1 aliphatic heterocycles. The van der Waals surface area contributed by atoms with Crippen molar-refractivity contribution in [2.45, 2.75) is 11.4 Å². The maximum atomic E-state index is 13.0. The molecule has 0 saturated carbocycles. The Morgan fingerprint density at radius 1 is 1.00 bits per heavy atom. The first kappa shape index (κ1) is 18.7. The number of nitrogens with zero attached hydrogens (tertiary/aromatic N) is 3. The van der Waals surface area contributed by atoms with E-state index in [9.17, 15) is 12.8 Å². The largest absolute Gasteiger partial charge is 0.415 e. The first-order valence-electron chi connectivity index (χ1n) is 8.99. The van der Waals surface area contributed by atoms with Crippen LogP contribution in [0.5, 0.6) is 0 Å². The molecule has 0 atom stereocenters. The van der Waals surface area contributed by atoms with Gasteiger partial charge in [-0.05, 0) is 36.4 Å². The highest BCUT2D eigenvalue weighted by Crippen LogP contribution is 2.18. The molecule has 1 saturated heterocycles. The fraction of sp³-hybridized carbons (Fsp3) is 0.263. The zero-order valence-corrected chi connectivity index (χ0v) is 15.9. The van der Waals surface area contributed by atoms with Gasteiger partial charge in [0.2, 0.25) is 15.9 Å². The molecular weight excluding hydrogens is 383 g/mol. The van der Waals surface area contributed by atoms with E-state index in [1.54, 1.807) is 42.5 Å². The van der Waals surface area contributed by atoms with E-state index in [4.69, 9.17) is 4.42 Å². The molecule has 0 amide bonds. The summed E-state index contributed by atoms with van der Waals surface area (Å²) >= 11 is 0. The fourth-order valence-electron chi connectivity index (χ4n) is 3.21. The molecule has 0 bridgehead atoms. The Bertz CT molecular complexity index is 1030. The fourth-order valence-corrected chi connectivity index (χ4v) is 4.67. The van der Waals surface area contributed by atoms with Gasteiger partial charge in [-0.15, -0.1) is 10.2 Å². The quantitative estimate of drug-likeness (QED) is 0.687. The lowest BCUT2D eigenvalue weighted by Gasteiger charge is -2.30. The molecule has 1 fully saturated rings. The average molecular weight is 403 g/mol. The maximum absolute atomic E-state index is 13.0. The van der Waals surface area contributed by atoms with Gasteiger partial charge in [0, 0.05) is 5.56 Å².